The maximum atomic E-state index is 2.26. The molecule has 0 aliphatic heterocycles. The Balaban J connectivity index is 2.21. The van der Waals surface area contributed by atoms with Crippen molar-refractivity contribution in [2.45, 2.75) is 19.3 Å². The van der Waals surface area contributed by atoms with Gasteiger partial charge in [0, 0.05) is 5.41 Å². The van der Waals surface area contributed by atoms with Gasteiger partial charge in [-0.1, -0.05) is 86.7 Å². The van der Waals surface area contributed by atoms with Crippen molar-refractivity contribution >= 4 is 6.08 Å². The van der Waals surface area contributed by atoms with Crippen LogP contribution in [0, 0.1) is 0 Å². The fourth-order valence-corrected chi connectivity index (χ4v) is 1.83. The second kappa shape index (κ2) is 5.01. The number of rotatable bonds is 3. The second-order valence-electron chi connectivity index (χ2n) is 4.83. The first kappa shape index (κ1) is 11.7. The molecule has 0 heterocycles. The highest BCUT2D eigenvalue weighted by molar-refractivity contribution is 5.51. The Hall–Kier alpha value is -1.82. The lowest BCUT2D eigenvalue weighted by molar-refractivity contribution is 0.673. The Labute approximate surface area is 104 Å². The summed E-state index contributed by atoms with van der Waals surface area (Å²) in [5, 5.41) is 0. The van der Waals surface area contributed by atoms with Gasteiger partial charge in [0.15, 0.2) is 0 Å². The van der Waals surface area contributed by atoms with Crippen molar-refractivity contribution in [2.24, 2.45) is 0 Å². The smallest absolute Gasteiger partial charge is 0.00786 e. The minimum atomic E-state index is 0.0666. The van der Waals surface area contributed by atoms with E-state index in [2.05, 4.69) is 80.6 Å². The summed E-state index contributed by atoms with van der Waals surface area (Å²) in [6, 6.07) is 21.0. The first-order valence-corrected chi connectivity index (χ1v) is 5.98. The van der Waals surface area contributed by atoms with E-state index < -0.39 is 0 Å². The summed E-state index contributed by atoms with van der Waals surface area (Å²) in [6.45, 7) is 4.48. The van der Waals surface area contributed by atoms with E-state index >= 15 is 0 Å². The van der Waals surface area contributed by atoms with Gasteiger partial charge in [-0.25, -0.2) is 0 Å². The molecule has 17 heavy (non-hydrogen) atoms. The third kappa shape index (κ3) is 3.07. The summed E-state index contributed by atoms with van der Waals surface area (Å²) in [7, 11) is 0. The quantitative estimate of drug-likeness (QED) is 0.707. The number of allylic oxidation sites excluding steroid dienone is 1. The molecule has 0 aromatic heterocycles. The number of hydrogen-bond acceptors (Lipinski definition) is 0. The fourth-order valence-electron chi connectivity index (χ4n) is 1.83. The zero-order chi connectivity index (χ0) is 12.1. The standard InChI is InChI=1S/C17H18/c1-17(2,16-11-7-4-8-12-16)14-13-15-9-5-3-6-10-15/h3-14H,1-2H3. The molecule has 0 aliphatic rings. The van der Waals surface area contributed by atoms with Crippen LogP contribution in [0.4, 0.5) is 0 Å². The lowest BCUT2D eigenvalue weighted by Gasteiger charge is -2.20. The van der Waals surface area contributed by atoms with Gasteiger partial charge in [0.1, 0.15) is 0 Å². The van der Waals surface area contributed by atoms with E-state index in [1.807, 2.05) is 6.07 Å². The molecular weight excluding hydrogens is 204 g/mol. The van der Waals surface area contributed by atoms with E-state index in [9.17, 15) is 0 Å². The predicted octanol–water partition coefficient (Wildman–Crippen LogP) is 4.68. The molecule has 0 spiro atoms. The van der Waals surface area contributed by atoms with Gasteiger partial charge in [-0.2, -0.15) is 0 Å². The molecule has 0 saturated heterocycles. The summed E-state index contributed by atoms with van der Waals surface area (Å²) >= 11 is 0. The van der Waals surface area contributed by atoms with Crippen molar-refractivity contribution in [2.75, 3.05) is 0 Å². The van der Waals surface area contributed by atoms with E-state index in [4.69, 9.17) is 0 Å². The second-order valence-corrected chi connectivity index (χ2v) is 4.83. The van der Waals surface area contributed by atoms with Crippen LogP contribution in [-0.4, -0.2) is 0 Å². The van der Waals surface area contributed by atoms with E-state index in [0.29, 0.717) is 0 Å². The monoisotopic (exact) mass is 222 g/mol. The van der Waals surface area contributed by atoms with Crippen LogP contribution in [-0.2, 0) is 5.41 Å². The van der Waals surface area contributed by atoms with Crippen molar-refractivity contribution in [1.29, 1.82) is 0 Å². The molecule has 0 amide bonds. The van der Waals surface area contributed by atoms with Crippen LogP contribution in [0.5, 0.6) is 0 Å². The Bertz CT molecular complexity index is 478. The van der Waals surface area contributed by atoms with Gasteiger partial charge < -0.3 is 0 Å². The Morgan fingerprint density at radius 3 is 1.88 bits per heavy atom. The largest absolute Gasteiger partial charge is 0.0739 e. The van der Waals surface area contributed by atoms with Crippen molar-refractivity contribution in [3.63, 3.8) is 0 Å². The molecule has 86 valence electrons. The first-order valence-electron chi connectivity index (χ1n) is 5.98. The first-order chi connectivity index (χ1) is 8.18. The van der Waals surface area contributed by atoms with Crippen molar-refractivity contribution in [3.8, 4) is 0 Å². The molecule has 0 heteroatoms. The molecule has 0 aliphatic carbocycles. The predicted molar refractivity (Wildman–Crippen MR) is 74.9 cm³/mol. The van der Waals surface area contributed by atoms with Crippen molar-refractivity contribution in [3.05, 3.63) is 77.9 Å². The SMILES string of the molecule is CC(C)(C=Cc1ccccc1)c1ccccc1. The molecule has 0 fully saturated rings. The molecule has 2 rings (SSSR count). The van der Waals surface area contributed by atoms with Gasteiger partial charge in [-0.3, -0.25) is 0 Å². The van der Waals surface area contributed by atoms with Gasteiger partial charge in [0.05, 0.1) is 0 Å². The van der Waals surface area contributed by atoms with E-state index in [0.717, 1.165) is 0 Å². The molecule has 0 radical (unpaired) electrons. The summed E-state index contributed by atoms with van der Waals surface area (Å²) < 4.78 is 0. The molecule has 0 N–H and O–H groups in total. The Morgan fingerprint density at radius 2 is 1.29 bits per heavy atom. The summed E-state index contributed by atoms with van der Waals surface area (Å²) in [6.07, 6.45) is 4.45. The average Bonchev–Trinajstić information content (AvgIpc) is 2.39. The fraction of sp³-hybridized carbons (Fsp3) is 0.176. The highest BCUT2D eigenvalue weighted by atomic mass is 14.2. The van der Waals surface area contributed by atoms with Crippen molar-refractivity contribution in [1.82, 2.24) is 0 Å². The molecule has 0 saturated carbocycles. The van der Waals surface area contributed by atoms with E-state index in [1.165, 1.54) is 11.1 Å². The summed E-state index contributed by atoms with van der Waals surface area (Å²) in [5.41, 5.74) is 2.65. The molecule has 2 aromatic rings. The zero-order valence-electron chi connectivity index (χ0n) is 10.4. The van der Waals surface area contributed by atoms with Crippen LogP contribution in [0.25, 0.3) is 6.08 Å². The van der Waals surface area contributed by atoms with E-state index in [1.54, 1.807) is 0 Å². The topological polar surface area (TPSA) is 0 Å². The Morgan fingerprint density at radius 1 is 0.765 bits per heavy atom. The lowest BCUT2D eigenvalue weighted by Crippen LogP contribution is -2.12. The van der Waals surface area contributed by atoms with Gasteiger partial charge in [0.25, 0.3) is 0 Å². The molecule has 2 aromatic carbocycles. The number of benzene rings is 2. The minimum absolute atomic E-state index is 0.0666. The Kier molecular flexibility index (Phi) is 3.43. The normalized spacial score (nSPS) is 11.9. The van der Waals surface area contributed by atoms with Crippen LogP contribution >= 0.6 is 0 Å². The van der Waals surface area contributed by atoms with Gasteiger partial charge in [-0.15, -0.1) is 0 Å². The maximum absolute atomic E-state index is 2.26. The van der Waals surface area contributed by atoms with E-state index in [-0.39, 0.29) is 5.41 Å². The van der Waals surface area contributed by atoms with Gasteiger partial charge >= 0.3 is 0 Å². The molecule has 0 nitrogen and oxygen atoms in total. The van der Waals surface area contributed by atoms with Crippen LogP contribution in [0.15, 0.2) is 66.7 Å². The van der Waals surface area contributed by atoms with Gasteiger partial charge in [0.2, 0.25) is 0 Å². The van der Waals surface area contributed by atoms with Crippen LogP contribution in [0.3, 0.4) is 0 Å². The maximum Gasteiger partial charge on any atom is 0.00786 e. The molecular formula is C17H18. The zero-order valence-corrected chi connectivity index (χ0v) is 10.4. The minimum Gasteiger partial charge on any atom is -0.0739 e. The van der Waals surface area contributed by atoms with Gasteiger partial charge in [-0.05, 0) is 11.1 Å². The van der Waals surface area contributed by atoms with Crippen LogP contribution < -0.4 is 0 Å². The molecule has 0 bridgehead atoms. The third-order valence-electron chi connectivity index (χ3n) is 3.01. The average molecular weight is 222 g/mol. The number of hydrogen-bond donors (Lipinski definition) is 0. The summed E-state index contributed by atoms with van der Waals surface area (Å²) in [5.74, 6) is 0. The molecule has 0 unspecified atom stereocenters. The summed E-state index contributed by atoms with van der Waals surface area (Å²) in [4.78, 5) is 0. The van der Waals surface area contributed by atoms with Crippen LogP contribution in [0.1, 0.15) is 25.0 Å². The lowest BCUT2D eigenvalue weighted by atomic mass is 9.84. The van der Waals surface area contributed by atoms with Crippen molar-refractivity contribution < 1.29 is 0 Å². The van der Waals surface area contributed by atoms with Crippen LogP contribution in [0.2, 0.25) is 0 Å². The highest BCUT2D eigenvalue weighted by Gasteiger charge is 2.15. The third-order valence-corrected chi connectivity index (χ3v) is 3.01. The molecule has 0 atom stereocenters. The highest BCUT2D eigenvalue weighted by Crippen LogP contribution is 2.25.